The van der Waals surface area contributed by atoms with Crippen molar-refractivity contribution in [3.63, 3.8) is 0 Å². The first-order valence-electron chi connectivity index (χ1n) is 8.87. The Hall–Kier alpha value is -2.73. The number of hydrogen-bond donors (Lipinski definition) is 2. The highest BCUT2D eigenvalue weighted by atomic mass is 35.5. The number of ether oxygens (including phenoxy) is 1. The van der Waals surface area contributed by atoms with Gasteiger partial charge in [0.05, 0.1) is 15.7 Å². The Balaban J connectivity index is 1.55. The van der Waals surface area contributed by atoms with Crippen molar-refractivity contribution >= 4 is 58.0 Å². The first kappa shape index (κ1) is 22.0. The normalized spacial score (nSPS) is 10.4. The Bertz CT molecular complexity index is 1090. The van der Waals surface area contributed by atoms with Crippen LogP contribution in [0.2, 0.25) is 15.1 Å². The molecule has 0 radical (unpaired) electrons. The molecular formula is C22H17Cl3N2O3. The number of carbonyl (C=O) groups is 2. The molecule has 3 aromatic carbocycles. The number of hydrogen-bond acceptors (Lipinski definition) is 3. The van der Waals surface area contributed by atoms with Crippen LogP contribution in [0, 0.1) is 6.92 Å². The summed E-state index contributed by atoms with van der Waals surface area (Å²) in [5, 5.41) is 6.68. The zero-order chi connectivity index (χ0) is 21.7. The van der Waals surface area contributed by atoms with Crippen molar-refractivity contribution in [1.29, 1.82) is 0 Å². The predicted octanol–water partition coefficient (Wildman–Crippen LogP) is 6.23. The summed E-state index contributed by atoms with van der Waals surface area (Å²) in [5.41, 5.74) is 2.40. The maximum Gasteiger partial charge on any atom is 0.262 e. The molecule has 3 rings (SSSR count). The van der Waals surface area contributed by atoms with Gasteiger partial charge in [0, 0.05) is 16.3 Å². The Kier molecular flexibility index (Phi) is 7.21. The zero-order valence-electron chi connectivity index (χ0n) is 15.8. The second-order valence-corrected chi connectivity index (χ2v) is 7.60. The molecule has 2 N–H and O–H groups in total. The Labute approximate surface area is 188 Å². The highest BCUT2D eigenvalue weighted by Gasteiger charge is 2.11. The minimum Gasteiger partial charge on any atom is -0.484 e. The largest absolute Gasteiger partial charge is 0.484 e. The van der Waals surface area contributed by atoms with Crippen molar-refractivity contribution in [1.82, 2.24) is 0 Å². The molecule has 5 nitrogen and oxygen atoms in total. The van der Waals surface area contributed by atoms with Gasteiger partial charge < -0.3 is 15.4 Å². The van der Waals surface area contributed by atoms with Crippen molar-refractivity contribution in [3.05, 3.63) is 86.9 Å². The lowest BCUT2D eigenvalue weighted by Crippen LogP contribution is -2.20. The van der Waals surface area contributed by atoms with E-state index in [0.717, 1.165) is 5.56 Å². The van der Waals surface area contributed by atoms with Gasteiger partial charge in [-0.05, 0) is 67.1 Å². The molecule has 30 heavy (non-hydrogen) atoms. The fourth-order valence-corrected chi connectivity index (χ4v) is 3.17. The van der Waals surface area contributed by atoms with Crippen LogP contribution in [0.3, 0.4) is 0 Å². The molecule has 0 fully saturated rings. The van der Waals surface area contributed by atoms with E-state index in [9.17, 15) is 9.59 Å². The standard InChI is InChI=1S/C22H17Cl3N2O3/c1-13-11-15(23)7-10-18(13)27-22(29)14-5-8-16(9-6-14)30-12-20(28)26-19-4-2-3-17(24)21(19)25/h2-11H,12H2,1H3,(H,26,28)(H,27,29). The average Bonchev–Trinajstić information content (AvgIpc) is 2.72. The summed E-state index contributed by atoms with van der Waals surface area (Å²) in [6, 6.07) is 16.6. The summed E-state index contributed by atoms with van der Waals surface area (Å²) >= 11 is 17.9. The summed E-state index contributed by atoms with van der Waals surface area (Å²) in [6.45, 7) is 1.64. The van der Waals surface area contributed by atoms with Crippen LogP contribution >= 0.6 is 34.8 Å². The third-order valence-electron chi connectivity index (χ3n) is 4.15. The summed E-state index contributed by atoms with van der Waals surface area (Å²) in [6.07, 6.45) is 0. The minimum absolute atomic E-state index is 0.224. The molecular weight excluding hydrogens is 447 g/mol. The molecule has 3 aromatic rings. The summed E-state index contributed by atoms with van der Waals surface area (Å²) in [4.78, 5) is 24.5. The lowest BCUT2D eigenvalue weighted by Gasteiger charge is -2.11. The number of rotatable bonds is 6. The van der Waals surface area contributed by atoms with E-state index >= 15 is 0 Å². The van der Waals surface area contributed by atoms with E-state index in [1.54, 1.807) is 60.7 Å². The molecule has 0 atom stereocenters. The first-order chi connectivity index (χ1) is 14.3. The predicted molar refractivity (Wildman–Crippen MR) is 121 cm³/mol. The Morgan fingerprint density at radius 1 is 0.900 bits per heavy atom. The van der Waals surface area contributed by atoms with E-state index in [1.807, 2.05) is 6.92 Å². The SMILES string of the molecule is Cc1cc(Cl)ccc1NC(=O)c1ccc(OCC(=O)Nc2cccc(Cl)c2Cl)cc1. The van der Waals surface area contributed by atoms with Gasteiger partial charge in [-0.1, -0.05) is 40.9 Å². The van der Waals surface area contributed by atoms with E-state index < -0.39 is 0 Å². The second kappa shape index (κ2) is 9.85. The van der Waals surface area contributed by atoms with Crippen LogP contribution in [0.4, 0.5) is 11.4 Å². The molecule has 0 spiro atoms. The van der Waals surface area contributed by atoms with Gasteiger partial charge in [0.1, 0.15) is 5.75 Å². The van der Waals surface area contributed by atoms with Crippen molar-refractivity contribution in [2.24, 2.45) is 0 Å². The molecule has 0 unspecified atom stereocenters. The molecule has 0 aromatic heterocycles. The zero-order valence-corrected chi connectivity index (χ0v) is 18.1. The smallest absolute Gasteiger partial charge is 0.262 e. The molecule has 0 aliphatic heterocycles. The molecule has 0 aliphatic rings. The van der Waals surface area contributed by atoms with Crippen LogP contribution in [0.5, 0.6) is 5.75 Å². The van der Waals surface area contributed by atoms with Gasteiger partial charge >= 0.3 is 0 Å². The number of aryl methyl sites for hydroxylation is 1. The van der Waals surface area contributed by atoms with E-state index in [4.69, 9.17) is 39.5 Å². The van der Waals surface area contributed by atoms with Gasteiger partial charge in [-0.15, -0.1) is 0 Å². The van der Waals surface area contributed by atoms with Crippen molar-refractivity contribution in [2.75, 3.05) is 17.2 Å². The Morgan fingerprint density at radius 3 is 2.33 bits per heavy atom. The van der Waals surface area contributed by atoms with E-state index in [2.05, 4.69) is 10.6 Å². The van der Waals surface area contributed by atoms with Gasteiger partial charge in [-0.25, -0.2) is 0 Å². The van der Waals surface area contributed by atoms with Gasteiger partial charge in [-0.3, -0.25) is 9.59 Å². The van der Waals surface area contributed by atoms with E-state index in [1.165, 1.54) is 0 Å². The number of benzene rings is 3. The van der Waals surface area contributed by atoms with Crippen LogP contribution in [0.15, 0.2) is 60.7 Å². The summed E-state index contributed by atoms with van der Waals surface area (Å²) < 4.78 is 5.46. The fourth-order valence-electron chi connectivity index (χ4n) is 2.60. The van der Waals surface area contributed by atoms with Crippen LogP contribution < -0.4 is 15.4 Å². The molecule has 0 heterocycles. The number of amides is 2. The molecule has 154 valence electrons. The molecule has 0 saturated heterocycles. The van der Waals surface area contributed by atoms with Crippen LogP contribution in [0.25, 0.3) is 0 Å². The fraction of sp³-hybridized carbons (Fsp3) is 0.0909. The molecule has 8 heteroatoms. The van der Waals surface area contributed by atoms with Gasteiger partial charge in [0.15, 0.2) is 6.61 Å². The quantitative estimate of drug-likeness (QED) is 0.456. The molecule has 0 aliphatic carbocycles. The lowest BCUT2D eigenvalue weighted by molar-refractivity contribution is -0.118. The topological polar surface area (TPSA) is 67.4 Å². The van der Waals surface area contributed by atoms with Crippen LogP contribution in [-0.2, 0) is 4.79 Å². The second-order valence-electron chi connectivity index (χ2n) is 6.38. The third kappa shape index (κ3) is 5.66. The number of carbonyl (C=O) groups excluding carboxylic acids is 2. The average molecular weight is 464 g/mol. The molecule has 0 bridgehead atoms. The lowest BCUT2D eigenvalue weighted by atomic mass is 10.1. The molecule has 0 saturated carbocycles. The Morgan fingerprint density at radius 2 is 1.63 bits per heavy atom. The van der Waals surface area contributed by atoms with Gasteiger partial charge in [0.2, 0.25) is 0 Å². The number of anilines is 2. The van der Waals surface area contributed by atoms with Gasteiger partial charge in [0.25, 0.3) is 11.8 Å². The summed E-state index contributed by atoms with van der Waals surface area (Å²) in [7, 11) is 0. The van der Waals surface area contributed by atoms with Crippen LogP contribution in [-0.4, -0.2) is 18.4 Å². The maximum atomic E-state index is 12.4. The van der Waals surface area contributed by atoms with Crippen molar-refractivity contribution in [3.8, 4) is 5.75 Å². The third-order valence-corrected chi connectivity index (χ3v) is 5.20. The van der Waals surface area contributed by atoms with Crippen molar-refractivity contribution in [2.45, 2.75) is 6.92 Å². The van der Waals surface area contributed by atoms with E-state index in [0.29, 0.717) is 32.7 Å². The number of nitrogens with one attached hydrogen (secondary N) is 2. The highest BCUT2D eigenvalue weighted by molar-refractivity contribution is 6.44. The summed E-state index contributed by atoms with van der Waals surface area (Å²) in [5.74, 6) is -0.207. The number of halogens is 3. The van der Waals surface area contributed by atoms with Crippen LogP contribution in [0.1, 0.15) is 15.9 Å². The minimum atomic E-state index is -0.390. The first-order valence-corrected chi connectivity index (χ1v) is 10.0. The monoisotopic (exact) mass is 462 g/mol. The maximum absolute atomic E-state index is 12.4. The van der Waals surface area contributed by atoms with Crippen molar-refractivity contribution < 1.29 is 14.3 Å². The van der Waals surface area contributed by atoms with Gasteiger partial charge in [-0.2, -0.15) is 0 Å². The highest BCUT2D eigenvalue weighted by Crippen LogP contribution is 2.29. The molecule has 2 amide bonds. The van der Waals surface area contributed by atoms with E-state index in [-0.39, 0.29) is 23.4 Å².